The third kappa shape index (κ3) is 2.00. The van der Waals surface area contributed by atoms with Gasteiger partial charge in [0.05, 0.1) is 0 Å². The van der Waals surface area contributed by atoms with E-state index in [-0.39, 0.29) is 11.7 Å². The molecule has 0 spiro atoms. The number of nitrogens with zero attached hydrogens (tertiary/aromatic N) is 2. The number of nitrogens with one attached hydrogen (secondary N) is 1. The van der Waals surface area contributed by atoms with Crippen LogP contribution in [0.5, 0.6) is 0 Å². The van der Waals surface area contributed by atoms with Gasteiger partial charge in [-0.15, -0.1) is 0 Å². The first kappa shape index (κ1) is 11.6. The Labute approximate surface area is 99.1 Å². The summed E-state index contributed by atoms with van der Waals surface area (Å²) in [5.41, 5.74) is -0.0613. The molecule has 0 saturated heterocycles. The zero-order valence-electron chi connectivity index (χ0n) is 9.99. The molecule has 0 radical (unpaired) electrons. The molecule has 0 bridgehead atoms. The Bertz CT molecular complexity index is 481. The quantitative estimate of drug-likeness (QED) is 0.792. The Hall–Kier alpha value is -1.91. The van der Waals surface area contributed by atoms with Crippen molar-refractivity contribution in [2.45, 2.75) is 12.6 Å². The van der Waals surface area contributed by atoms with Gasteiger partial charge in [-0.1, -0.05) is 12.1 Å². The minimum absolute atomic E-state index is 0.221. The summed E-state index contributed by atoms with van der Waals surface area (Å²) in [4.78, 5) is 17.7. The average molecular weight is 235 g/mol. The first-order valence-corrected chi connectivity index (χ1v) is 5.28. The maximum Gasteiger partial charge on any atom is 0.288 e. The van der Waals surface area contributed by atoms with Crippen LogP contribution < -0.4 is 5.32 Å². The number of benzene rings is 1. The van der Waals surface area contributed by atoms with Crippen molar-refractivity contribution in [3.8, 4) is 0 Å². The van der Waals surface area contributed by atoms with Crippen LogP contribution >= 0.6 is 0 Å². The van der Waals surface area contributed by atoms with E-state index in [0.717, 1.165) is 5.56 Å². The number of carbonyl (C=O) groups excluding carboxylic acids is 1. The molecule has 1 heterocycles. The molecule has 4 nitrogen and oxygen atoms in total. The summed E-state index contributed by atoms with van der Waals surface area (Å²) in [6.45, 7) is 1.79. The Morgan fingerprint density at radius 2 is 1.88 bits per heavy atom. The maximum absolute atomic E-state index is 12.8. The lowest BCUT2D eigenvalue weighted by Gasteiger charge is -2.21. The van der Waals surface area contributed by atoms with Crippen LogP contribution in [0.2, 0.25) is 0 Å². The molecule has 17 heavy (non-hydrogen) atoms. The molecule has 1 aliphatic heterocycles. The van der Waals surface area contributed by atoms with Gasteiger partial charge in [0, 0.05) is 14.1 Å². The van der Waals surface area contributed by atoms with Gasteiger partial charge in [-0.25, -0.2) is 9.38 Å². The van der Waals surface area contributed by atoms with Crippen molar-refractivity contribution in [1.29, 1.82) is 0 Å². The van der Waals surface area contributed by atoms with Gasteiger partial charge in [0.2, 0.25) is 0 Å². The lowest BCUT2D eigenvalue weighted by Crippen LogP contribution is -2.39. The fraction of sp³-hybridized carbons (Fsp3) is 0.333. The van der Waals surface area contributed by atoms with Crippen LogP contribution in [0, 0.1) is 5.82 Å². The minimum Gasteiger partial charge on any atom is -0.358 e. The molecule has 1 aromatic carbocycles. The Morgan fingerprint density at radius 3 is 2.35 bits per heavy atom. The van der Waals surface area contributed by atoms with Crippen LogP contribution in [0.4, 0.5) is 4.39 Å². The van der Waals surface area contributed by atoms with Crippen LogP contribution in [-0.2, 0) is 10.5 Å². The van der Waals surface area contributed by atoms with E-state index in [1.807, 2.05) is 0 Å². The largest absolute Gasteiger partial charge is 0.358 e. The normalized spacial score (nSPS) is 23.3. The number of likely N-dealkylation sites (N-methyl/N-ethyl adjacent to an activating group) is 1. The van der Waals surface area contributed by atoms with Gasteiger partial charge in [0.1, 0.15) is 5.82 Å². The topological polar surface area (TPSA) is 44.7 Å². The zero-order chi connectivity index (χ0) is 12.6. The summed E-state index contributed by atoms with van der Waals surface area (Å²) in [5, 5.41) is 2.79. The van der Waals surface area contributed by atoms with Crippen molar-refractivity contribution in [3.05, 3.63) is 35.6 Å². The molecule has 1 aromatic rings. The van der Waals surface area contributed by atoms with Crippen molar-refractivity contribution < 1.29 is 9.18 Å². The smallest absolute Gasteiger partial charge is 0.288 e. The molecule has 0 aromatic heterocycles. The van der Waals surface area contributed by atoms with Crippen molar-refractivity contribution in [3.63, 3.8) is 0 Å². The molecule has 0 fully saturated rings. The second kappa shape index (κ2) is 3.84. The summed E-state index contributed by atoms with van der Waals surface area (Å²) >= 11 is 0. The van der Waals surface area contributed by atoms with Gasteiger partial charge in [0.15, 0.2) is 11.5 Å². The fourth-order valence-electron chi connectivity index (χ4n) is 1.78. The number of hydrogen-bond acceptors (Lipinski definition) is 3. The SMILES string of the molecule is CN(C)C1=NC(C)(c2ccc(F)cc2)NC1=O. The second-order valence-corrected chi connectivity index (χ2v) is 4.36. The zero-order valence-corrected chi connectivity index (χ0v) is 9.99. The number of amidine groups is 1. The highest BCUT2D eigenvalue weighted by Crippen LogP contribution is 2.26. The van der Waals surface area contributed by atoms with Crippen LogP contribution in [0.1, 0.15) is 12.5 Å². The molecular weight excluding hydrogens is 221 g/mol. The lowest BCUT2D eigenvalue weighted by atomic mass is 10.0. The monoisotopic (exact) mass is 235 g/mol. The van der Waals surface area contributed by atoms with Gasteiger partial charge < -0.3 is 10.2 Å². The van der Waals surface area contributed by atoms with Crippen LogP contribution in [0.3, 0.4) is 0 Å². The molecule has 1 unspecified atom stereocenters. The van der Waals surface area contributed by atoms with Gasteiger partial charge in [-0.05, 0) is 24.6 Å². The summed E-state index contributed by atoms with van der Waals surface area (Å²) in [6, 6.07) is 5.96. The molecule has 90 valence electrons. The van der Waals surface area contributed by atoms with E-state index in [1.165, 1.54) is 12.1 Å². The number of hydrogen-bond donors (Lipinski definition) is 1. The highest BCUT2D eigenvalue weighted by molar-refractivity contribution is 6.39. The molecule has 1 atom stereocenters. The van der Waals surface area contributed by atoms with Crippen molar-refractivity contribution in [2.75, 3.05) is 14.1 Å². The predicted octanol–water partition coefficient (Wildman–Crippen LogP) is 1.09. The summed E-state index contributed by atoms with van der Waals surface area (Å²) in [6.07, 6.45) is 0. The van der Waals surface area contributed by atoms with Gasteiger partial charge in [-0.3, -0.25) is 4.79 Å². The number of halogens is 1. The molecular formula is C12H14FN3O. The van der Waals surface area contributed by atoms with Crippen LogP contribution in [0.25, 0.3) is 0 Å². The molecule has 0 saturated carbocycles. The molecule has 1 aliphatic rings. The maximum atomic E-state index is 12.8. The van der Waals surface area contributed by atoms with E-state index in [2.05, 4.69) is 10.3 Å². The minimum atomic E-state index is -0.815. The Balaban J connectivity index is 2.39. The third-order valence-corrected chi connectivity index (χ3v) is 2.72. The van der Waals surface area contributed by atoms with Crippen molar-refractivity contribution in [1.82, 2.24) is 10.2 Å². The number of amides is 1. The number of aliphatic imine (C=N–C) groups is 1. The molecule has 5 heteroatoms. The highest BCUT2D eigenvalue weighted by atomic mass is 19.1. The first-order chi connectivity index (χ1) is 7.92. The summed E-state index contributed by atoms with van der Waals surface area (Å²) in [5.74, 6) is -0.155. The number of rotatable bonds is 1. The van der Waals surface area contributed by atoms with E-state index < -0.39 is 5.66 Å². The fourth-order valence-corrected chi connectivity index (χ4v) is 1.78. The molecule has 0 aliphatic carbocycles. The third-order valence-electron chi connectivity index (χ3n) is 2.72. The van der Waals surface area contributed by atoms with Gasteiger partial charge in [0.25, 0.3) is 5.91 Å². The van der Waals surface area contributed by atoms with Gasteiger partial charge >= 0.3 is 0 Å². The predicted molar refractivity (Wildman–Crippen MR) is 63.0 cm³/mol. The molecule has 1 amide bonds. The first-order valence-electron chi connectivity index (χ1n) is 5.28. The highest BCUT2D eigenvalue weighted by Gasteiger charge is 2.37. The van der Waals surface area contributed by atoms with E-state index in [1.54, 1.807) is 38.1 Å². The van der Waals surface area contributed by atoms with Crippen LogP contribution in [-0.4, -0.2) is 30.7 Å². The summed E-state index contributed by atoms with van der Waals surface area (Å²) < 4.78 is 12.8. The Morgan fingerprint density at radius 1 is 1.29 bits per heavy atom. The summed E-state index contributed by atoms with van der Waals surface area (Å²) in [7, 11) is 3.52. The van der Waals surface area contributed by atoms with Gasteiger partial charge in [-0.2, -0.15) is 0 Å². The van der Waals surface area contributed by atoms with Crippen molar-refractivity contribution in [2.24, 2.45) is 4.99 Å². The molecule has 1 N–H and O–H groups in total. The standard InChI is InChI=1S/C12H14FN3O/c1-12(8-4-6-9(13)7-5-8)14-10(16(2)3)11(17)15-12/h4-7H,1-3H3,(H,15,17). The van der Waals surface area contributed by atoms with Crippen LogP contribution in [0.15, 0.2) is 29.3 Å². The Kier molecular flexibility index (Phi) is 2.61. The van der Waals surface area contributed by atoms with E-state index in [4.69, 9.17) is 0 Å². The van der Waals surface area contributed by atoms with E-state index in [9.17, 15) is 9.18 Å². The lowest BCUT2D eigenvalue weighted by molar-refractivity contribution is -0.115. The van der Waals surface area contributed by atoms with E-state index >= 15 is 0 Å². The second-order valence-electron chi connectivity index (χ2n) is 4.36. The average Bonchev–Trinajstić information content (AvgIpc) is 2.56. The molecule has 2 rings (SSSR count). The number of carbonyl (C=O) groups is 1. The van der Waals surface area contributed by atoms with Crippen molar-refractivity contribution >= 4 is 11.7 Å². The van der Waals surface area contributed by atoms with E-state index in [0.29, 0.717) is 5.84 Å².